The van der Waals surface area contributed by atoms with E-state index in [1.807, 2.05) is 42.9 Å². The van der Waals surface area contributed by atoms with Crippen molar-refractivity contribution in [2.45, 2.75) is 19.3 Å². The second-order valence-electron chi connectivity index (χ2n) is 14.1. The fourth-order valence-corrected chi connectivity index (χ4v) is 8.55. The third kappa shape index (κ3) is 4.62. The van der Waals surface area contributed by atoms with E-state index >= 15 is 0 Å². The number of para-hydroxylation sites is 3. The molecule has 1 aliphatic heterocycles. The van der Waals surface area contributed by atoms with Crippen molar-refractivity contribution in [2.75, 3.05) is 4.90 Å². The second kappa shape index (κ2) is 12.1. The molecule has 0 saturated heterocycles. The van der Waals surface area contributed by atoms with Crippen molar-refractivity contribution in [2.24, 2.45) is 0 Å². The van der Waals surface area contributed by atoms with E-state index in [0.29, 0.717) is 11.5 Å². The molecule has 6 aromatic carbocycles. The van der Waals surface area contributed by atoms with Crippen LogP contribution in [0.5, 0.6) is 11.5 Å². The summed E-state index contributed by atoms with van der Waals surface area (Å²) in [5.41, 5.74) is 9.40. The number of fused-ring (bicyclic) bond motifs is 12. The molecule has 10 aromatic rings. The number of nitrogens with zero attached hydrogens (tertiary/aromatic N) is 5. The Morgan fingerprint density at radius 1 is 0.611 bits per heavy atom. The monoisotopic (exact) mass is 787 g/mol. The van der Waals surface area contributed by atoms with Gasteiger partial charge in [-0.15, -0.1) is 30.3 Å². The third-order valence-electron chi connectivity index (χ3n) is 10.8. The summed E-state index contributed by atoms with van der Waals surface area (Å²) >= 11 is 0. The quantitative estimate of drug-likeness (QED) is 0.101. The standard InChI is InChI=1S/C47H31N5O.Pd/c1-47(2)38-18-11-25-48-46(38)52(42-24-23-41-43(44(42)47)36-17-7-9-20-40(36)51(41)30-12-4-3-5-13-30)31-14-10-15-32(28-31)53-33-21-22-34-35-16-6-8-19-39(35)50-27-26-49-45(50)37(34)29-33;/h3-27H,1-2H3;/q-2;+2. The number of anilines is 3. The first-order valence-electron chi connectivity index (χ1n) is 17.8. The predicted octanol–water partition coefficient (Wildman–Crippen LogP) is 11.6. The van der Waals surface area contributed by atoms with E-state index in [0.717, 1.165) is 55.8 Å². The van der Waals surface area contributed by atoms with Gasteiger partial charge in [0.1, 0.15) is 5.82 Å². The Balaban J connectivity index is 0.00000361. The van der Waals surface area contributed by atoms with Crippen LogP contribution in [-0.2, 0) is 25.8 Å². The van der Waals surface area contributed by atoms with Crippen LogP contribution in [-0.4, -0.2) is 18.9 Å². The number of ether oxygens (including phenoxy) is 1. The molecule has 0 aliphatic carbocycles. The van der Waals surface area contributed by atoms with Crippen molar-refractivity contribution in [1.82, 2.24) is 18.9 Å². The van der Waals surface area contributed by atoms with Gasteiger partial charge in [-0.1, -0.05) is 97.0 Å². The van der Waals surface area contributed by atoms with Crippen molar-refractivity contribution in [3.05, 3.63) is 175 Å². The summed E-state index contributed by atoms with van der Waals surface area (Å²) < 4.78 is 11.0. The van der Waals surface area contributed by atoms with Crippen LogP contribution in [0.4, 0.5) is 17.2 Å². The van der Waals surface area contributed by atoms with E-state index in [2.05, 4.69) is 154 Å². The zero-order valence-corrected chi connectivity index (χ0v) is 30.9. The SMILES string of the molecule is CC1(C)c2cccnc2N(c2[c-]c(Oc3[c-]c4c(cc3)c3ccccc3n3ccnc43)ccc2)c2ccc3c(c21)c1ccccc1n3-c1ccccc1.[Pd+2]. The molecule has 7 heteroatoms. The first kappa shape index (κ1) is 32.4. The molecule has 0 amide bonds. The van der Waals surface area contributed by atoms with Gasteiger partial charge in [0.15, 0.2) is 0 Å². The second-order valence-corrected chi connectivity index (χ2v) is 14.1. The zero-order chi connectivity index (χ0) is 35.3. The van der Waals surface area contributed by atoms with Crippen molar-refractivity contribution < 1.29 is 25.2 Å². The molecule has 260 valence electrons. The van der Waals surface area contributed by atoms with Gasteiger partial charge in [-0.2, -0.15) is 6.07 Å². The van der Waals surface area contributed by atoms with Gasteiger partial charge in [-0.05, 0) is 53.4 Å². The number of pyridine rings is 2. The Hall–Kier alpha value is -6.26. The normalized spacial score (nSPS) is 13.3. The number of aromatic nitrogens is 4. The van der Waals surface area contributed by atoms with Crippen molar-refractivity contribution in [1.29, 1.82) is 0 Å². The third-order valence-corrected chi connectivity index (χ3v) is 10.8. The summed E-state index contributed by atoms with van der Waals surface area (Å²) in [5.74, 6) is 2.07. The first-order chi connectivity index (χ1) is 26.1. The molecular formula is C47H31N5OPd. The van der Waals surface area contributed by atoms with E-state index in [1.54, 1.807) is 0 Å². The van der Waals surface area contributed by atoms with Gasteiger partial charge >= 0.3 is 20.4 Å². The van der Waals surface area contributed by atoms with Gasteiger partial charge in [-0.25, -0.2) is 4.98 Å². The van der Waals surface area contributed by atoms with Gasteiger partial charge in [0, 0.05) is 63.0 Å². The summed E-state index contributed by atoms with van der Waals surface area (Å²) in [5, 5.41) is 5.59. The van der Waals surface area contributed by atoms with E-state index in [4.69, 9.17) is 9.72 Å². The van der Waals surface area contributed by atoms with Crippen LogP contribution in [0.1, 0.15) is 25.0 Å². The van der Waals surface area contributed by atoms with Crippen molar-refractivity contribution in [3.8, 4) is 17.2 Å². The smallest absolute Gasteiger partial charge is 0.503 e. The maximum Gasteiger partial charge on any atom is 2.00 e. The molecule has 0 fully saturated rings. The molecule has 0 unspecified atom stereocenters. The number of hydrogen-bond donors (Lipinski definition) is 0. The summed E-state index contributed by atoms with van der Waals surface area (Å²) in [7, 11) is 0. The van der Waals surface area contributed by atoms with Crippen LogP contribution in [0.15, 0.2) is 152 Å². The molecule has 0 saturated carbocycles. The largest absolute Gasteiger partial charge is 2.00 e. The molecule has 0 N–H and O–H groups in total. The topological polar surface area (TPSA) is 47.6 Å². The summed E-state index contributed by atoms with van der Waals surface area (Å²) in [6.45, 7) is 4.63. The Morgan fingerprint density at radius 2 is 1.39 bits per heavy atom. The minimum atomic E-state index is -0.350. The van der Waals surface area contributed by atoms with Gasteiger partial charge in [0.05, 0.1) is 22.4 Å². The van der Waals surface area contributed by atoms with E-state index in [-0.39, 0.29) is 25.8 Å². The Bertz CT molecular complexity index is 3090. The first-order valence-corrected chi connectivity index (χ1v) is 17.8. The van der Waals surface area contributed by atoms with Gasteiger partial charge in [0.25, 0.3) is 0 Å². The van der Waals surface area contributed by atoms with Gasteiger partial charge in [0.2, 0.25) is 0 Å². The molecule has 5 heterocycles. The number of rotatable bonds is 4. The number of imidazole rings is 1. The van der Waals surface area contributed by atoms with E-state index in [9.17, 15) is 0 Å². The molecular weight excluding hydrogens is 757 g/mol. The van der Waals surface area contributed by atoms with Crippen LogP contribution < -0.4 is 9.64 Å². The molecule has 6 nitrogen and oxygen atoms in total. The molecule has 54 heavy (non-hydrogen) atoms. The molecule has 0 spiro atoms. The van der Waals surface area contributed by atoms with E-state index in [1.165, 1.54) is 27.4 Å². The molecule has 0 atom stereocenters. The average molecular weight is 788 g/mol. The van der Waals surface area contributed by atoms with Gasteiger partial charge < -0.3 is 18.6 Å². The fraction of sp³-hybridized carbons (Fsp3) is 0.0638. The van der Waals surface area contributed by atoms with Crippen molar-refractivity contribution in [3.63, 3.8) is 0 Å². The minimum Gasteiger partial charge on any atom is -0.503 e. The maximum atomic E-state index is 6.55. The summed E-state index contributed by atoms with van der Waals surface area (Å²) in [4.78, 5) is 11.9. The zero-order valence-electron chi connectivity index (χ0n) is 29.4. The van der Waals surface area contributed by atoms with Crippen LogP contribution in [0.3, 0.4) is 0 Å². The van der Waals surface area contributed by atoms with Crippen LogP contribution >= 0.6 is 0 Å². The minimum absolute atomic E-state index is 0. The van der Waals surface area contributed by atoms with Crippen LogP contribution in [0.2, 0.25) is 0 Å². The Labute approximate surface area is 325 Å². The Morgan fingerprint density at radius 3 is 2.26 bits per heavy atom. The molecule has 0 radical (unpaired) electrons. The number of benzene rings is 6. The molecule has 0 bridgehead atoms. The molecule has 11 rings (SSSR count). The predicted molar refractivity (Wildman–Crippen MR) is 213 cm³/mol. The summed E-state index contributed by atoms with van der Waals surface area (Å²) in [6.07, 6.45) is 5.69. The van der Waals surface area contributed by atoms with E-state index < -0.39 is 0 Å². The molecule has 4 aromatic heterocycles. The Kier molecular flexibility index (Phi) is 7.29. The van der Waals surface area contributed by atoms with Crippen LogP contribution in [0.25, 0.3) is 54.8 Å². The van der Waals surface area contributed by atoms with Crippen LogP contribution in [0, 0.1) is 12.1 Å². The molecule has 1 aliphatic rings. The summed E-state index contributed by atoms with van der Waals surface area (Å²) in [6, 6.07) is 53.7. The maximum absolute atomic E-state index is 6.55. The average Bonchev–Trinajstić information content (AvgIpc) is 3.83. The van der Waals surface area contributed by atoms with Gasteiger partial charge in [-0.3, -0.25) is 4.98 Å². The fourth-order valence-electron chi connectivity index (χ4n) is 8.55. The number of hydrogen-bond acceptors (Lipinski definition) is 4. The van der Waals surface area contributed by atoms with Crippen molar-refractivity contribution >= 4 is 66.3 Å².